The number of pyridine rings is 1. The molecule has 0 saturated heterocycles. The van der Waals surface area contributed by atoms with Crippen molar-refractivity contribution >= 4 is 26.7 Å². The number of methoxy groups -OCH3 is 2. The molecule has 0 saturated carbocycles. The van der Waals surface area contributed by atoms with Crippen molar-refractivity contribution in [3.05, 3.63) is 83.2 Å². The molecule has 0 amide bonds. The number of alkyl halides is 3. The van der Waals surface area contributed by atoms with Crippen LogP contribution in [0.2, 0.25) is 0 Å². The summed E-state index contributed by atoms with van der Waals surface area (Å²) in [6, 6.07) is 5.94. The van der Waals surface area contributed by atoms with Gasteiger partial charge in [0, 0.05) is 31.4 Å². The molecule has 0 aliphatic carbocycles. The number of nitrogens with zero attached hydrogens (tertiary/aromatic N) is 1. The van der Waals surface area contributed by atoms with E-state index in [9.17, 15) is 26.0 Å². The predicted octanol–water partition coefficient (Wildman–Crippen LogP) is 5.42. The molecule has 2 N–H and O–H groups in total. The molecule has 208 valence electrons. The number of fused-ring (bicyclic) bond motifs is 1. The van der Waals surface area contributed by atoms with Gasteiger partial charge < -0.3 is 19.2 Å². The maximum absolute atomic E-state index is 15.7. The number of halogens is 5. The topological polar surface area (TPSA) is 103 Å². The molecule has 0 aliphatic heterocycles. The van der Waals surface area contributed by atoms with Crippen LogP contribution in [-0.4, -0.2) is 45.8 Å². The minimum Gasteiger partial charge on any atom is -0.490 e. The molecule has 0 aliphatic rings. The molecule has 2 aromatic carbocycles. The normalized spacial score (nSPS) is 13.0. The van der Waals surface area contributed by atoms with E-state index in [4.69, 9.17) is 14.2 Å². The maximum Gasteiger partial charge on any atom is 0.416 e. The van der Waals surface area contributed by atoms with Gasteiger partial charge in [0.1, 0.15) is 29.9 Å². The molecule has 39 heavy (non-hydrogen) atoms. The van der Waals surface area contributed by atoms with Gasteiger partial charge in [0.05, 0.1) is 34.5 Å². The minimum absolute atomic E-state index is 0.238. The number of hydrogen-bond donors (Lipinski definition) is 2. The number of aromatic amines is 1. The van der Waals surface area contributed by atoms with Crippen molar-refractivity contribution in [1.29, 1.82) is 0 Å². The summed E-state index contributed by atoms with van der Waals surface area (Å²) in [7, 11) is -1.80. The molecule has 2 aromatic heterocycles. The van der Waals surface area contributed by atoms with Gasteiger partial charge >= 0.3 is 6.18 Å². The molecular formula is C25H22F5N3O5S. The summed E-state index contributed by atoms with van der Waals surface area (Å²) < 4.78 is 113. The van der Waals surface area contributed by atoms with Crippen molar-refractivity contribution in [2.75, 3.05) is 32.2 Å². The fraction of sp³-hybridized carbons (Fsp3) is 0.240. The highest BCUT2D eigenvalue weighted by molar-refractivity contribution is 7.92. The second-order valence-electron chi connectivity index (χ2n) is 8.22. The van der Waals surface area contributed by atoms with Crippen LogP contribution in [0.5, 0.6) is 5.75 Å². The number of ether oxygens (including phenoxy) is 3. The van der Waals surface area contributed by atoms with Crippen molar-refractivity contribution in [1.82, 2.24) is 9.97 Å². The van der Waals surface area contributed by atoms with Gasteiger partial charge in [0.2, 0.25) is 0 Å². The lowest BCUT2D eigenvalue weighted by atomic mass is 9.99. The first kappa shape index (κ1) is 28.3. The quantitative estimate of drug-likeness (QED) is 0.195. The third-order valence-corrected chi connectivity index (χ3v) is 7.12. The van der Waals surface area contributed by atoms with Gasteiger partial charge in [-0.05, 0) is 42.5 Å². The molecule has 0 radical (unpaired) electrons. The van der Waals surface area contributed by atoms with E-state index >= 15 is 4.39 Å². The van der Waals surface area contributed by atoms with Gasteiger partial charge in [-0.15, -0.1) is 0 Å². The predicted molar refractivity (Wildman–Crippen MR) is 131 cm³/mol. The molecule has 8 nitrogen and oxygen atoms in total. The lowest BCUT2D eigenvalue weighted by Gasteiger charge is -2.19. The number of H-pyrrole nitrogens is 1. The molecule has 0 bridgehead atoms. The number of sulfonamides is 1. The SMILES string of the molecule is COCCOc1cnc2[nH]cc(C(OC)c3c(F)ccc(NS(=O)(=O)c4ccc(C(F)(F)F)cc4)c3F)c2c1. The average Bonchev–Trinajstić information content (AvgIpc) is 3.31. The summed E-state index contributed by atoms with van der Waals surface area (Å²) in [6.45, 7) is 0.561. The molecule has 4 rings (SSSR count). The summed E-state index contributed by atoms with van der Waals surface area (Å²) in [6.07, 6.45) is -3.11. The number of nitrogens with one attached hydrogen (secondary N) is 2. The van der Waals surface area contributed by atoms with Crippen LogP contribution in [-0.2, 0) is 25.7 Å². The Morgan fingerprint density at radius 1 is 1.05 bits per heavy atom. The second-order valence-corrected chi connectivity index (χ2v) is 9.90. The number of hydrogen-bond acceptors (Lipinski definition) is 6. The first-order chi connectivity index (χ1) is 18.5. The van der Waals surface area contributed by atoms with Crippen LogP contribution in [0.25, 0.3) is 11.0 Å². The third kappa shape index (κ3) is 5.97. The van der Waals surface area contributed by atoms with Gasteiger partial charge in [0.25, 0.3) is 10.0 Å². The monoisotopic (exact) mass is 571 g/mol. The molecule has 14 heteroatoms. The Kier molecular flexibility index (Phi) is 8.09. The van der Waals surface area contributed by atoms with E-state index in [1.54, 1.807) is 6.07 Å². The Hall–Kier alpha value is -3.75. The summed E-state index contributed by atoms with van der Waals surface area (Å²) in [5.74, 6) is -1.92. The fourth-order valence-electron chi connectivity index (χ4n) is 3.86. The average molecular weight is 572 g/mol. The van der Waals surface area contributed by atoms with E-state index in [1.807, 2.05) is 4.72 Å². The van der Waals surface area contributed by atoms with Crippen molar-refractivity contribution in [3.8, 4) is 5.75 Å². The van der Waals surface area contributed by atoms with Gasteiger partial charge in [-0.2, -0.15) is 13.2 Å². The van der Waals surface area contributed by atoms with E-state index in [-0.39, 0.29) is 12.2 Å². The van der Waals surface area contributed by atoms with Crippen molar-refractivity contribution in [3.63, 3.8) is 0 Å². The largest absolute Gasteiger partial charge is 0.490 e. The van der Waals surface area contributed by atoms with Crippen molar-refractivity contribution < 1.29 is 44.6 Å². The first-order valence-corrected chi connectivity index (χ1v) is 12.7. The van der Waals surface area contributed by atoms with Crippen LogP contribution in [0.15, 0.2) is 59.8 Å². The van der Waals surface area contributed by atoms with Gasteiger partial charge in [-0.1, -0.05) is 0 Å². The number of aromatic nitrogens is 2. The summed E-state index contributed by atoms with van der Waals surface area (Å²) in [5.41, 5.74) is -1.62. The van der Waals surface area contributed by atoms with Crippen LogP contribution in [0, 0.1) is 11.6 Å². The Morgan fingerprint density at radius 3 is 2.41 bits per heavy atom. The van der Waals surface area contributed by atoms with Crippen LogP contribution >= 0.6 is 0 Å². The maximum atomic E-state index is 15.7. The van der Waals surface area contributed by atoms with Gasteiger partial charge in [-0.25, -0.2) is 22.2 Å². The van der Waals surface area contributed by atoms with E-state index in [1.165, 1.54) is 26.6 Å². The highest BCUT2D eigenvalue weighted by Crippen LogP contribution is 2.37. The van der Waals surface area contributed by atoms with Crippen molar-refractivity contribution in [2.24, 2.45) is 0 Å². The van der Waals surface area contributed by atoms with Crippen LogP contribution in [0.3, 0.4) is 0 Å². The second kappa shape index (κ2) is 11.2. The fourth-order valence-corrected chi connectivity index (χ4v) is 4.92. The number of benzene rings is 2. The Labute approximate surface area is 219 Å². The highest BCUT2D eigenvalue weighted by Gasteiger charge is 2.31. The molecule has 2 heterocycles. The smallest absolute Gasteiger partial charge is 0.416 e. The summed E-state index contributed by atoms with van der Waals surface area (Å²) >= 11 is 0. The number of anilines is 1. The van der Waals surface area contributed by atoms with Gasteiger partial charge in [0.15, 0.2) is 5.82 Å². The molecule has 4 aromatic rings. The van der Waals surface area contributed by atoms with Crippen molar-refractivity contribution in [2.45, 2.75) is 17.2 Å². The highest BCUT2D eigenvalue weighted by atomic mass is 32.2. The standard InChI is InChI=1S/C25H22F5N3O5S/c1-36-9-10-38-15-11-17-18(13-32-24(17)31-12-15)23(37-2)21-19(26)7-8-20(22(21)27)33-39(34,35)16-5-3-14(4-6-16)25(28,29)30/h3-8,11-13,23,33H,9-10H2,1-2H3,(H,31,32). The van der Waals surface area contributed by atoms with E-state index in [2.05, 4.69) is 9.97 Å². The summed E-state index contributed by atoms with van der Waals surface area (Å²) in [5, 5.41) is 0.436. The lowest BCUT2D eigenvalue weighted by Crippen LogP contribution is -2.17. The zero-order valence-electron chi connectivity index (χ0n) is 20.5. The van der Waals surface area contributed by atoms with Crippen LogP contribution in [0.1, 0.15) is 22.8 Å². The van der Waals surface area contributed by atoms with Gasteiger partial charge in [-0.3, -0.25) is 4.72 Å². The lowest BCUT2D eigenvalue weighted by molar-refractivity contribution is -0.137. The molecule has 1 atom stereocenters. The zero-order valence-corrected chi connectivity index (χ0v) is 21.3. The number of rotatable bonds is 10. The first-order valence-electron chi connectivity index (χ1n) is 11.3. The Morgan fingerprint density at radius 2 is 1.77 bits per heavy atom. The van der Waals surface area contributed by atoms with E-state index < -0.39 is 55.6 Å². The Balaban J connectivity index is 1.69. The molecule has 0 spiro atoms. The summed E-state index contributed by atoms with van der Waals surface area (Å²) in [4.78, 5) is 6.57. The minimum atomic E-state index is -4.67. The van der Waals surface area contributed by atoms with E-state index in [0.29, 0.717) is 35.5 Å². The molecular weight excluding hydrogens is 549 g/mol. The third-order valence-electron chi connectivity index (χ3n) is 5.74. The molecule has 0 fully saturated rings. The van der Waals surface area contributed by atoms with Crippen LogP contribution in [0.4, 0.5) is 27.6 Å². The van der Waals surface area contributed by atoms with E-state index in [0.717, 1.165) is 24.3 Å². The zero-order chi connectivity index (χ0) is 28.4. The molecule has 1 unspecified atom stereocenters. The van der Waals surface area contributed by atoms with Crippen LogP contribution < -0.4 is 9.46 Å². The Bertz CT molecular complexity index is 1570.